The van der Waals surface area contributed by atoms with Crippen molar-refractivity contribution < 1.29 is 13.5 Å². The highest BCUT2D eigenvalue weighted by Crippen LogP contribution is 2.29. The second-order valence-electron chi connectivity index (χ2n) is 5.12. The molecule has 1 unspecified atom stereocenters. The van der Waals surface area contributed by atoms with Gasteiger partial charge in [0.25, 0.3) is 0 Å². The Kier molecular flexibility index (Phi) is 4.15. The number of aromatic nitrogens is 2. The Morgan fingerprint density at radius 3 is 2.95 bits per heavy atom. The molecule has 21 heavy (non-hydrogen) atoms. The highest BCUT2D eigenvalue weighted by atomic mass is 19.3. The molecular formula is C15H17F2N3O. The van der Waals surface area contributed by atoms with Crippen molar-refractivity contribution >= 4 is 0 Å². The van der Waals surface area contributed by atoms with E-state index >= 15 is 0 Å². The van der Waals surface area contributed by atoms with Gasteiger partial charge in [0.05, 0.1) is 11.9 Å². The van der Waals surface area contributed by atoms with Crippen LogP contribution in [0.1, 0.15) is 18.7 Å². The first-order valence-electron chi connectivity index (χ1n) is 7.04. The van der Waals surface area contributed by atoms with Crippen molar-refractivity contribution in [1.29, 1.82) is 0 Å². The summed E-state index contributed by atoms with van der Waals surface area (Å²) < 4.78 is 29.4. The monoisotopic (exact) mass is 293 g/mol. The molecule has 0 bridgehead atoms. The van der Waals surface area contributed by atoms with Crippen LogP contribution in [0.3, 0.4) is 0 Å². The van der Waals surface area contributed by atoms with Crippen LogP contribution in [0.15, 0.2) is 30.5 Å². The van der Waals surface area contributed by atoms with Crippen molar-refractivity contribution in [1.82, 2.24) is 15.3 Å². The zero-order chi connectivity index (χ0) is 14.7. The first-order chi connectivity index (χ1) is 10.2. The van der Waals surface area contributed by atoms with Gasteiger partial charge in [-0.3, -0.25) is 0 Å². The fourth-order valence-electron chi connectivity index (χ4n) is 2.66. The Bertz CT molecular complexity index is 594. The Morgan fingerprint density at radius 1 is 1.33 bits per heavy atom. The third kappa shape index (κ3) is 3.39. The van der Waals surface area contributed by atoms with E-state index in [9.17, 15) is 8.78 Å². The molecule has 1 aliphatic heterocycles. The summed E-state index contributed by atoms with van der Waals surface area (Å²) in [6, 6.07) is 7.16. The van der Waals surface area contributed by atoms with Gasteiger partial charge in [0.15, 0.2) is 0 Å². The summed E-state index contributed by atoms with van der Waals surface area (Å²) in [5.41, 5.74) is 1.29. The molecule has 1 aliphatic rings. The number of rotatable bonds is 5. The third-order valence-electron chi connectivity index (χ3n) is 3.62. The lowest BCUT2D eigenvalue weighted by atomic mass is 10.1. The van der Waals surface area contributed by atoms with E-state index in [0.717, 1.165) is 25.2 Å². The number of benzene rings is 1. The van der Waals surface area contributed by atoms with Crippen molar-refractivity contribution in [2.24, 2.45) is 0 Å². The largest absolute Gasteiger partial charge is 0.434 e. The minimum atomic E-state index is -2.84. The second-order valence-corrected chi connectivity index (χ2v) is 5.12. The maximum absolute atomic E-state index is 12.4. The number of aromatic amines is 1. The van der Waals surface area contributed by atoms with Crippen LogP contribution in [0.2, 0.25) is 0 Å². The molecule has 2 aromatic rings. The van der Waals surface area contributed by atoms with Gasteiger partial charge in [0.1, 0.15) is 11.6 Å². The maximum atomic E-state index is 12.4. The predicted octanol–water partition coefficient (Wildman–Crippen LogP) is 2.97. The number of halogens is 2. The number of nitrogens with one attached hydrogen (secondary N) is 2. The second kappa shape index (κ2) is 6.22. The van der Waals surface area contributed by atoms with Crippen LogP contribution in [-0.4, -0.2) is 29.2 Å². The average Bonchev–Trinajstić information content (AvgIpc) is 3.11. The van der Waals surface area contributed by atoms with E-state index < -0.39 is 6.61 Å². The number of para-hydroxylation sites is 1. The standard InChI is InChI=1S/C15H17F2N3O/c16-15(17)21-13-6-2-1-5-11(13)12-9-19-14(20-12)8-10-4-3-7-18-10/h1-2,5-6,9-10,15,18H,3-4,7-8H2,(H,19,20). The number of hydrogen-bond donors (Lipinski definition) is 2. The Morgan fingerprint density at radius 2 is 2.19 bits per heavy atom. The van der Waals surface area contributed by atoms with Crippen LogP contribution in [0.25, 0.3) is 11.3 Å². The molecule has 0 radical (unpaired) electrons. The number of ether oxygens (including phenoxy) is 1. The molecule has 3 rings (SSSR count). The fraction of sp³-hybridized carbons (Fsp3) is 0.400. The van der Waals surface area contributed by atoms with Crippen LogP contribution in [0.5, 0.6) is 5.75 Å². The quantitative estimate of drug-likeness (QED) is 0.891. The molecule has 112 valence electrons. The van der Waals surface area contributed by atoms with Crippen LogP contribution < -0.4 is 10.1 Å². The van der Waals surface area contributed by atoms with E-state index in [4.69, 9.17) is 0 Å². The van der Waals surface area contributed by atoms with Crippen LogP contribution in [0.4, 0.5) is 8.78 Å². The summed E-state index contributed by atoms with van der Waals surface area (Å²) in [5, 5.41) is 3.41. The average molecular weight is 293 g/mol. The Hall–Kier alpha value is -1.95. The van der Waals surface area contributed by atoms with Crippen LogP contribution in [-0.2, 0) is 6.42 Å². The van der Waals surface area contributed by atoms with Gasteiger partial charge in [0, 0.05) is 18.0 Å². The van der Waals surface area contributed by atoms with Gasteiger partial charge in [-0.15, -0.1) is 0 Å². The number of alkyl halides is 2. The molecule has 4 nitrogen and oxygen atoms in total. The van der Waals surface area contributed by atoms with Crippen molar-refractivity contribution in [3.8, 4) is 17.0 Å². The molecule has 0 aliphatic carbocycles. The molecule has 0 saturated carbocycles. The van der Waals surface area contributed by atoms with E-state index in [2.05, 4.69) is 20.0 Å². The van der Waals surface area contributed by atoms with E-state index in [1.807, 2.05) is 0 Å². The number of nitrogens with zero attached hydrogens (tertiary/aromatic N) is 1. The maximum Gasteiger partial charge on any atom is 0.387 e. The van der Waals surface area contributed by atoms with Crippen molar-refractivity contribution in [3.05, 3.63) is 36.3 Å². The lowest BCUT2D eigenvalue weighted by molar-refractivity contribution is -0.0494. The fourth-order valence-corrected chi connectivity index (χ4v) is 2.66. The molecular weight excluding hydrogens is 276 g/mol. The van der Waals surface area contributed by atoms with Crippen molar-refractivity contribution in [2.45, 2.75) is 31.9 Å². The van der Waals surface area contributed by atoms with Gasteiger partial charge >= 0.3 is 6.61 Å². The summed E-state index contributed by atoms with van der Waals surface area (Å²) in [7, 11) is 0. The van der Waals surface area contributed by atoms with Crippen molar-refractivity contribution in [3.63, 3.8) is 0 Å². The highest BCUT2D eigenvalue weighted by molar-refractivity contribution is 5.66. The Labute approximate surface area is 121 Å². The minimum Gasteiger partial charge on any atom is -0.434 e. The summed E-state index contributed by atoms with van der Waals surface area (Å²) in [4.78, 5) is 7.53. The molecule has 1 saturated heterocycles. The van der Waals surface area contributed by atoms with Crippen molar-refractivity contribution in [2.75, 3.05) is 6.54 Å². The molecule has 2 N–H and O–H groups in total. The molecule has 0 amide bonds. The van der Waals surface area contributed by atoms with E-state index in [1.165, 1.54) is 12.5 Å². The highest BCUT2D eigenvalue weighted by Gasteiger charge is 2.17. The van der Waals surface area contributed by atoms with Gasteiger partial charge in [-0.25, -0.2) is 4.98 Å². The zero-order valence-corrected chi connectivity index (χ0v) is 11.5. The molecule has 0 spiro atoms. The third-order valence-corrected chi connectivity index (χ3v) is 3.62. The summed E-state index contributed by atoms with van der Waals surface area (Å²) >= 11 is 0. The van der Waals surface area contributed by atoms with Gasteiger partial charge in [-0.05, 0) is 31.5 Å². The van der Waals surface area contributed by atoms with Crippen LogP contribution in [0, 0.1) is 0 Å². The number of imidazole rings is 1. The summed E-state index contributed by atoms with van der Waals surface area (Å²) in [6.07, 6.45) is 4.81. The molecule has 1 aromatic carbocycles. The van der Waals surface area contributed by atoms with Gasteiger partial charge in [-0.1, -0.05) is 12.1 Å². The molecule has 1 atom stereocenters. The number of H-pyrrole nitrogens is 1. The zero-order valence-electron chi connectivity index (χ0n) is 11.5. The normalized spacial score (nSPS) is 18.3. The number of hydrogen-bond acceptors (Lipinski definition) is 3. The van der Waals surface area contributed by atoms with Gasteiger partial charge in [-0.2, -0.15) is 8.78 Å². The Balaban J connectivity index is 1.79. The smallest absolute Gasteiger partial charge is 0.387 e. The lowest BCUT2D eigenvalue weighted by Gasteiger charge is -2.09. The SMILES string of the molecule is FC(F)Oc1ccccc1-c1cnc(CC2CCCN2)[nH]1. The molecule has 2 heterocycles. The molecule has 1 fully saturated rings. The summed E-state index contributed by atoms with van der Waals surface area (Å²) in [5.74, 6) is 1.01. The lowest BCUT2D eigenvalue weighted by Crippen LogP contribution is -2.24. The first-order valence-corrected chi connectivity index (χ1v) is 7.04. The molecule has 1 aromatic heterocycles. The van der Waals surface area contributed by atoms with Gasteiger partial charge < -0.3 is 15.0 Å². The van der Waals surface area contributed by atoms with E-state index in [0.29, 0.717) is 17.3 Å². The van der Waals surface area contributed by atoms with Crippen LogP contribution >= 0.6 is 0 Å². The van der Waals surface area contributed by atoms with E-state index in [-0.39, 0.29) is 5.75 Å². The first kappa shape index (κ1) is 14.0. The molecule has 6 heteroatoms. The summed E-state index contributed by atoms with van der Waals surface area (Å²) in [6.45, 7) is -1.79. The topological polar surface area (TPSA) is 49.9 Å². The van der Waals surface area contributed by atoms with Gasteiger partial charge in [0.2, 0.25) is 0 Å². The predicted molar refractivity (Wildman–Crippen MR) is 75.4 cm³/mol. The van der Waals surface area contributed by atoms with E-state index in [1.54, 1.807) is 24.4 Å². The minimum absolute atomic E-state index is 0.154.